The Morgan fingerprint density at radius 1 is 1.40 bits per heavy atom. The third kappa shape index (κ3) is 3.59. The lowest BCUT2D eigenvalue weighted by atomic mass is 9.86. The third-order valence-corrected chi connectivity index (χ3v) is 3.64. The molecule has 1 aromatic rings. The van der Waals surface area contributed by atoms with Crippen LogP contribution < -0.4 is 11.1 Å². The largest absolute Gasteiger partial charge is 0.508 e. The summed E-state index contributed by atoms with van der Waals surface area (Å²) in [5.41, 5.74) is 6.60. The molecule has 1 aliphatic rings. The van der Waals surface area contributed by atoms with Gasteiger partial charge in [0, 0.05) is 36.6 Å². The van der Waals surface area contributed by atoms with E-state index in [-0.39, 0.29) is 49.8 Å². The van der Waals surface area contributed by atoms with Crippen LogP contribution in [0.3, 0.4) is 0 Å². The number of hydrogen-bond donors (Lipinski definition) is 3. The summed E-state index contributed by atoms with van der Waals surface area (Å²) in [6.07, 6.45) is -0.0905. The van der Waals surface area contributed by atoms with Gasteiger partial charge in [0.05, 0.1) is 0 Å². The van der Waals surface area contributed by atoms with E-state index in [9.17, 15) is 18.7 Å². The molecular weight excluding hydrogens is 266 g/mol. The maximum atomic E-state index is 13.0. The van der Waals surface area contributed by atoms with Crippen molar-refractivity contribution in [3.63, 3.8) is 0 Å². The number of aromatic hydroxyl groups is 1. The quantitative estimate of drug-likeness (QED) is 0.589. The number of nitrogen functional groups attached to an aromatic ring is 1. The molecule has 0 atom stereocenters. The Labute approximate surface area is 116 Å². The van der Waals surface area contributed by atoms with Crippen LogP contribution in [0.1, 0.15) is 31.2 Å². The number of benzene rings is 1. The van der Waals surface area contributed by atoms with E-state index in [1.54, 1.807) is 12.1 Å². The number of anilines is 1. The fourth-order valence-electron chi connectivity index (χ4n) is 2.38. The molecule has 0 unspecified atom stereocenters. The van der Waals surface area contributed by atoms with Gasteiger partial charge in [0.2, 0.25) is 11.8 Å². The van der Waals surface area contributed by atoms with E-state index in [1.807, 2.05) is 0 Å². The molecule has 0 spiro atoms. The Hall–Kier alpha value is -1.85. The van der Waals surface area contributed by atoms with Crippen LogP contribution in [-0.2, 0) is 11.3 Å². The highest BCUT2D eigenvalue weighted by Gasteiger charge is 2.37. The van der Waals surface area contributed by atoms with Crippen molar-refractivity contribution in [3.8, 4) is 5.75 Å². The molecule has 1 saturated carbocycles. The summed E-state index contributed by atoms with van der Waals surface area (Å²) in [5.74, 6) is -3.21. The first kappa shape index (κ1) is 14.6. The minimum absolute atomic E-state index is 0.0506. The Morgan fingerprint density at radius 2 is 2.05 bits per heavy atom. The van der Waals surface area contributed by atoms with Crippen LogP contribution in [-0.4, -0.2) is 16.9 Å². The van der Waals surface area contributed by atoms with E-state index in [0.29, 0.717) is 11.3 Å². The summed E-state index contributed by atoms with van der Waals surface area (Å²) in [6.45, 7) is 0.141. The predicted molar refractivity (Wildman–Crippen MR) is 71.3 cm³/mol. The molecule has 1 amide bonds. The van der Waals surface area contributed by atoms with Crippen molar-refractivity contribution in [1.82, 2.24) is 5.32 Å². The zero-order chi connectivity index (χ0) is 14.8. The second kappa shape index (κ2) is 5.64. The monoisotopic (exact) mass is 284 g/mol. The number of nitrogens with two attached hydrogens (primary N) is 1. The molecule has 6 heteroatoms. The molecule has 0 radical (unpaired) electrons. The summed E-state index contributed by atoms with van der Waals surface area (Å²) in [5, 5.41) is 12.3. The number of phenols is 1. The van der Waals surface area contributed by atoms with Gasteiger partial charge in [-0.15, -0.1) is 0 Å². The van der Waals surface area contributed by atoms with E-state index in [4.69, 9.17) is 5.73 Å². The Balaban J connectivity index is 1.88. The second-order valence-corrected chi connectivity index (χ2v) is 5.24. The number of nitrogens with one attached hydrogen (secondary N) is 1. The highest BCUT2D eigenvalue weighted by molar-refractivity contribution is 5.78. The first-order valence-electron chi connectivity index (χ1n) is 6.60. The van der Waals surface area contributed by atoms with E-state index >= 15 is 0 Å². The molecule has 1 aromatic carbocycles. The zero-order valence-corrected chi connectivity index (χ0v) is 11.0. The van der Waals surface area contributed by atoms with Gasteiger partial charge < -0.3 is 16.2 Å². The number of phenolic OH excluding ortho intramolecular Hbond substituents is 1. The van der Waals surface area contributed by atoms with Gasteiger partial charge in [-0.3, -0.25) is 4.79 Å². The fraction of sp³-hybridized carbons (Fsp3) is 0.500. The number of rotatable bonds is 3. The summed E-state index contributed by atoms with van der Waals surface area (Å²) < 4.78 is 26.0. The fourth-order valence-corrected chi connectivity index (χ4v) is 2.38. The van der Waals surface area contributed by atoms with Gasteiger partial charge in [-0.05, 0) is 31.0 Å². The topological polar surface area (TPSA) is 75.3 Å². The Bertz CT molecular complexity index is 496. The number of alkyl halides is 2. The predicted octanol–water partition coefficient (Wildman–Crippen LogP) is 2.42. The normalized spacial score (nSPS) is 18.7. The number of carbonyl (C=O) groups is 1. The molecule has 0 aromatic heterocycles. The summed E-state index contributed by atoms with van der Waals surface area (Å²) in [6, 6.07) is 4.59. The van der Waals surface area contributed by atoms with Gasteiger partial charge >= 0.3 is 0 Å². The molecule has 0 bridgehead atoms. The highest BCUT2D eigenvalue weighted by atomic mass is 19.3. The van der Waals surface area contributed by atoms with Crippen molar-refractivity contribution in [2.75, 3.05) is 5.73 Å². The lowest BCUT2D eigenvalue weighted by Crippen LogP contribution is -2.35. The average Bonchev–Trinajstić information content (AvgIpc) is 2.39. The first-order valence-corrected chi connectivity index (χ1v) is 6.60. The van der Waals surface area contributed by atoms with Gasteiger partial charge in [-0.1, -0.05) is 0 Å². The second-order valence-electron chi connectivity index (χ2n) is 5.24. The van der Waals surface area contributed by atoms with Gasteiger partial charge in [0.15, 0.2) is 0 Å². The smallest absolute Gasteiger partial charge is 0.248 e. The van der Waals surface area contributed by atoms with Crippen LogP contribution in [0.2, 0.25) is 0 Å². The highest BCUT2D eigenvalue weighted by Crippen LogP contribution is 2.36. The van der Waals surface area contributed by atoms with E-state index in [0.717, 1.165) is 0 Å². The van der Waals surface area contributed by atoms with Crippen LogP contribution in [0.5, 0.6) is 5.75 Å². The molecule has 0 aliphatic heterocycles. The van der Waals surface area contributed by atoms with Crippen LogP contribution in [0, 0.1) is 5.92 Å². The number of carbonyl (C=O) groups excluding carboxylic acids is 1. The van der Waals surface area contributed by atoms with Crippen molar-refractivity contribution in [1.29, 1.82) is 0 Å². The zero-order valence-electron chi connectivity index (χ0n) is 11.0. The first-order chi connectivity index (χ1) is 9.37. The van der Waals surface area contributed by atoms with Crippen LogP contribution in [0.4, 0.5) is 14.5 Å². The standard InChI is InChI=1S/C14H18F2N2O2/c15-14(16)5-3-9(4-6-14)13(20)18-8-10-7-11(17)1-2-12(10)19/h1-2,7,9,19H,3-6,8,17H2,(H,18,20). The maximum Gasteiger partial charge on any atom is 0.248 e. The molecule has 4 N–H and O–H groups in total. The van der Waals surface area contributed by atoms with Crippen molar-refractivity contribution in [3.05, 3.63) is 23.8 Å². The summed E-state index contributed by atoms with van der Waals surface area (Å²) in [4.78, 5) is 11.9. The molecule has 1 aliphatic carbocycles. The van der Waals surface area contributed by atoms with Gasteiger partial charge in [-0.25, -0.2) is 8.78 Å². The van der Waals surface area contributed by atoms with E-state index < -0.39 is 5.92 Å². The number of amides is 1. The van der Waals surface area contributed by atoms with Crippen molar-refractivity contribution >= 4 is 11.6 Å². The Kier molecular flexibility index (Phi) is 4.11. The van der Waals surface area contributed by atoms with E-state index in [1.165, 1.54) is 6.07 Å². The van der Waals surface area contributed by atoms with Crippen molar-refractivity contribution in [2.45, 2.75) is 38.2 Å². The molecular formula is C14H18F2N2O2. The number of hydrogen-bond acceptors (Lipinski definition) is 3. The van der Waals surface area contributed by atoms with Crippen molar-refractivity contribution in [2.24, 2.45) is 5.92 Å². The molecule has 0 heterocycles. The Morgan fingerprint density at radius 3 is 2.70 bits per heavy atom. The van der Waals surface area contributed by atoms with Crippen LogP contribution in [0.25, 0.3) is 0 Å². The maximum absolute atomic E-state index is 13.0. The third-order valence-electron chi connectivity index (χ3n) is 3.64. The molecule has 110 valence electrons. The van der Waals surface area contributed by atoms with Crippen molar-refractivity contribution < 1.29 is 18.7 Å². The lowest BCUT2D eigenvalue weighted by molar-refractivity contribution is -0.129. The molecule has 0 saturated heterocycles. The van der Waals surface area contributed by atoms with Gasteiger partial charge in [-0.2, -0.15) is 0 Å². The molecule has 20 heavy (non-hydrogen) atoms. The van der Waals surface area contributed by atoms with Crippen LogP contribution in [0.15, 0.2) is 18.2 Å². The molecule has 2 rings (SSSR count). The SMILES string of the molecule is Nc1ccc(O)c(CNC(=O)C2CCC(F)(F)CC2)c1. The average molecular weight is 284 g/mol. The lowest BCUT2D eigenvalue weighted by Gasteiger charge is -2.27. The van der Waals surface area contributed by atoms with Gasteiger partial charge in [0.25, 0.3) is 0 Å². The minimum atomic E-state index is -2.64. The van der Waals surface area contributed by atoms with Gasteiger partial charge in [0.1, 0.15) is 5.75 Å². The van der Waals surface area contributed by atoms with E-state index in [2.05, 4.69) is 5.32 Å². The summed E-state index contributed by atoms with van der Waals surface area (Å²) >= 11 is 0. The molecule has 1 fully saturated rings. The summed E-state index contributed by atoms with van der Waals surface area (Å²) in [7, 11) is 0. The number of halogens is 2. The molecule has 4 nitrogen and oxygen atoms in total. The minimum Gasteiger partial charge on any atom is -0.508 e. The van der Waals surface area contributed by atoms with Crippen LogP contribution >= 0.6 is 0 Å².